The first-order chi connectivity index (χ1) is 14.1. The van der Waals surface area contributed by atoms with Crippen molar-refractivity contribution in [2.24, 2.45) is 0 Å². The van der Waals surface area contributed by atoms with Crippen LogP contribution in [0, 0.1) is 6.20 Å². The van der Waals surface area contributed by atoms with Gasteiger partial charge in [-0.25, -0.2) is 9.78 Å². The predicted molar refractivity (Wildman–Crippen MR) is 111 cm³/mol. The summed E-state index contributed by atoms with van der Waals surface area (Å²) in [6, 6.07) is 12.5. The Bertz CT molecular complexity index is 1300. The van der Waals surface area contributed by atoms with E-state index in [4.69, 9.17) is 4.98 Å². The number of aromatic nitrogens is 3. The maximum absolute atomic E-state index is 12.3. The number of H-pyrrole nitrogens is 1. The van der Waals surface area contributed by atoms with Crippen molar-refractivity contribution < 1.29 is 42.6 Å². The molecule has 5 rings (SSSR count). The molecule has 1 aliphatic carbocycles. The second kappa shape index (κ2) is 8.44. The summed E-state index contributed by atoms with van der Waals surface area (Å²) in [5.41, 5.74) is 3.33. The molecule has 1 saturated carbocycles. The fourth-order valence-corrected chi connectivity index (χ4v) is 4.40. The third-order valence-electron chi connectivity index (χ3n) is 5.83. The number of benzene rings is 2. The van der Waals surface area contributed by atoms with Gasteiger partial charge in [-0.2, -0.15) is 0 Å². The van der Waals surface area contributed by atoms with E-state index >= 15 is 0 Å². The maximum Gasteiger partial charge on any atom is 0.335 e. The fraction of sp³-hybridized carbons (Fsp3) is 0.261. The van der Waals surface area contributed by atoms with Crippen LogP contribution >= 0.6 is 0 Å². The van der Waals surface area contributed by atoms with E-state index < -0.39 is 5.97 Å². The van der Waals surface area contributed by atoms with Crippen LogP contribution in [0.3, 0.4) is 0 Å². The summed E-state index contributed by atoms with van der Waals surface area (Å²) in [6.07, 6.45) is 8.47. The van der Waals surface area contributed by atoms with Gasteiger partial charge < -0.3 is 19.5 Å². The summed E-state index contributed by atoms with van der Waals surface area (Å²) < 4.78 is 2.24. The zero-order valence-electron chi connectivity index (χ0n) is 16.4. The number of rotatable bonds is 3. The van der Waals surface area contributed by atoms with Crippen LogP contribution < -0.4 is 5.43 Å². The molecule has 2 N–H and O–H groups in total. The zero-order chi connectivity index (χ0) is 20.0. The first kappa shape index (κ1) is 20.9. The number of carbonyl (C=O) groups is 1. The number of pyridine rings is 1. The number of carboxylic acid groups (broad SMARTS) is 1. The van der Waals surface area contributed by atoms with E-state index in [0.717, 1.165) is 35.3 Å². The van der Waals surface area contributed by atoms with Gasteiger partial charge in [0, 0.05) is 44.3 Å². The Kier molecular flexibility index (Phi) is 5.89. The topological polar surface area (TPSA) is 88.0 Å². The number of fused-ring (bicyclic) bond motifs is 2. The van der Waals surface area contributed by atoms with Gasteiger partial charge in [-0.1, -0.05) is 48.4 Å². The second-order valence-corrected chi connectivity index (χ2v) is 7.64. The van der Waals surface area contributed by atoms with Crippen LogP contribution in [-0.4, -0.2) is 25.6 Å². The van der Waals surface area contributed by atoms with Crippen LogP contribution in [0.4, 0.5) is 0 Å². The van der Waals surface area contributed by atoms with Gasteiger partial charge in [-0.15, -0.1) is 12.3 Å². The number of hydrogen-bond acceptors (Lipinski definition) is 3. The number of hydrogen-bond donors (Lipinski definition) is 2. The van der Waals surface area contributed by atoms with Gasteiger partial charge in [0.2, 0.25) is 0 Å². The third kappa shape index (κ3) is 3.63. The van der Waals surface area contributed by atoms with Crippen molar-refractivity contribution in [3.8, 4) is 11.4 Å². The molecule has 0 spiro atoms. The molecule has 0 bridgehead atoms. The molecule has 0 aliphatic heterocycles. The van der Waals surface area contributed by atoms with E-state index in [1.807, 2.05) is 24.3 Å². The summed E-state index contributed by atoms with van der Waals surface area (Å²) in [7, 11) is 0. The quantitative estimate of drug-likeness (QED) is 0.426. The minimum atomic E-state index is -0.964. The largest absolute Gasteiger partial charge is 0.478 e. The summed E-state index contributed by atoms with van der Waals surface area (Å²) in [5, 5.41) is 9.95. The van der Waals surface area contributed by atoms with Gasteiger partial charge in [-0.3, -0.25) is 0 Å². The Morgan fingerprint density at radius 1 is 1.13 bits per heavy atom. The average molecular weight is 475 g/mol. The standard InChI is InChI=1S/C23H20N3O3.Y/c27-21-10-11-24-18-8-6-14(12-17(18)21)22-25-19-13-15(23(28)29)7-9-20(19)26(22)16-4-2-1-3-5-16;/h6-10,12-13,16H,1-5H2,(H,24,27)(H,28,29);/q-1;. The molecule has 4 aromatic rings. The van der Waals surface area contributed by atoms with E-state index in [1.165, 1.54) is 25.3 Å². The summed E-state index contributed by atoms with van der Waals surface area (Å²) in [5.74, 6) is -0.183. The summed E-state index contributed by atoms with van der Waals surface area (Å²) in [4.78, 5) is 31.5. The van der Waals surface area contributed by atoms with Crippen molar-refractivity contribution in [2.45, 2.75) is 38.1 Å². The van der Waals surface area contributed by atoms with Crippen molar-refractivity contribution in [3.63, 3.8) is 0 Å². The Morgan fingerprint density at radius 3 is 2.70 bits per heavy atom. The van der Waals surface area contributed by atoms with Crippen molar-refractivity contribution >= 4 is 27.9 Å². The molecule has 0 saturated heterocycles. The molecule has 1 aliphatic rings. The number of aromatic amines is 1. The van der Waals surface area contributed by atoms with Crippen molar-refractivity contribution in [1.29, 1.82) is 0 Å². The van der Waals surface area contributed by atoms with Crippen LogP contribution in [0.5, 0.6) is 0 Å². The summed E-state index contributed by atoms with van der Waals surface area (Å²) >= 11 is 0. The molecule has 2 aromatic heterocycles. The first-order valence-electron chi connectivity index (χ1n) is 9.90. The SMILES string of the molecule is O=C(O)c1ccc2c(c1)nc(-c1ccc3[nH][c-]cc(=O)c3c1)n2C1CCCCC1.[Y]. The minimum absolute atomic E-state index is 0. The van der Waals surface area contributed by atoms with Gasteiger partial charge >= 0.3 is 5.97 Å². The number of carboxylic acids is 1. The molecule has 2 heterocycles. The Balaban J connectivity index is 0.00000218. The molecule has 1 fully saturated rings. The van der Waals surface area contributed by atoms with Gasteiger partial charge in [0.05, 0.1) is 22.0 Å². The zero-order valence-corrected chi connectivity index (χ0v) is 19.2. The average Bonchev–Trinajstić information content (AvgIpc) is 3.13. The number of nitrogens with zero attached hydrogens (tertiary/aromatic N) is 2. The van der Waals surface area contributed by atoms with Crippen LogP contribution in [0.1, 0.15) is 48.5 Å². The molecule has 2 aromatic carbocycles. The fourth-order valence-electron chi connectivity index (χ4n) is 4.40. The van der Waals surface area contributed by atoms with Gasteiger partial charge in [0.1, 0.15) is 5.82 Å². The molecule has 6 nitrogen and oxygen atoms in total. The van der Waals surface area contributed by atoms with Crippen LogP contribution in [0.2, 0.25) is 0 Å². The monoisotopic (exact) mass is 475 g/mol. The van der Waals surface area contributed by atoms with E-state index in [1.54, 1.807) is 12.1 Å². The molecule has 30 heavy (non-hydrogen) atoms. The van der Waals surface area contributed by atoms with Crippen molar-refractivity contribution in [2.75, 3.05) is 0 Å². The number of aromatic carboxylic acids is 1. The smallest absolute Gasteiger partial charge is 0.335 e. The van der Waals surface area contributed by atoms with Crippen LogP contribution in [0.15, 0.2) is 47.3 Å². The Labute approximate surface area is 198 Å². The van der Waals surface area contributed by atoms with Crippen molar-refractivity contribution in [3.05, 3.63) is 64.4 Å². The Hall–Kier alpha value is -2.31. The molecule has 149 valence electrons. The summed E-state index contributed by atoms with van der Waals surface area (Å²) in [6.45, 7) is 0. The second-order valence-electron chi connectivity index (χ2n) is 7.64. The molecule has 7 heteroatoms. The van der Waals surface area contributed by atoms with Crippen molar-refractivity contribution in [1.82, 2.24) is 14.5 Å². The molecular formula is C23H20N3O3Y-. The molecule has 0 atom stereocenters. The predicted octanol–water partition coefficient (Wildman–Crippen LogP) is 4.55. The van der Waals surface area contributed by atoms with E-state index in [-0.39, 0.29) is 43.7 Å². The number of imidazole rings is 1. The van der Waals surface area contributed by atoms with E-state index in [2.05, 4.69) is 15.7 Å². The van der Waals surface area contributed by atoms with E-state index in [9.17, 15) is 14.7 Å². The first-order valence-corrected chi connectivity index (χ1v) is 9.90. The number of nitrogens with one attached hydrogen (secondary N) is 1. The van der Waals surface area contributed by atoms with Crippen LogP contribution in [0.25, 0.3) is 33.3 Å². The molecule has 1 radical (unpaired) electrons. The molecule has 0 unspecified atom stereocenters. The van der Waals surface area contributed by atoms with Gasteiger partial charge in [-0.05, 0) is 31.0 Å². The molecule has 0 amide bonds. The van der Waals surface area contributed by atoms with Crippen LogP contribution in [-0.2, 0) is 32.7 Å². The maximum atomic E-state index is 12.3. The van der Waals surface area contributed by atoms with E-state index in [0.29, 0.717) is 16.9 Å². The van der Waals surface area contributed by atoms with Gasteiger partial charge in [0.15, 0.2) is 0 Å². The normalized spacial score (nSPS) is 14.7. The molecular weight excluding hydrogens is 455 g/mol. The van der Waals surface area contributed by atoms with Gasteiger partial charge in [0.25, 0.3) is 0 Å². The third-order valence-corrected chi connectivity index (χ3v) is 5.83. The Morgan fingerprint density at radius 2 is 1.93 bits per heavy atom. The minimum Gasteiger partial charge on any atom is -0.478 e.